The smallest absolute Gasteiger partial charge is 0.188 e. The molecule has 5 nitrogen and oxygen atoms in total. The van der Waals surface area contributed by atoms with Crippen molar-refractivity contribution in [2.24, 2.45) is 0 Å². The highest BCUT2D eigenvalue weighted by Crippen LogP contribution is 2.41. The summed E-state index contributed by atoms with van der Waals surface area (Å²) < 4.78 is 8.24. The summed E-state index contributed by atoms with van der Waals surface area (Å²) >= 11 is 0. The molecule has 0 atom stereocenters. The van der Waals surface area contributed by atoms with Crippen LogP contribution in [-0.4, -0.2) is 21.6 Å². The molecule has 9 rings (SSSR count). The van der Waals surface area contributed by atoms with E-state index in [-0.39, 0.29) is 10.8 Å². The molecule has 0 radical (unpaired) electrons. The number of benzene rings is 6. The van der Waals surface area contributed by atoms with Gasteiger partial charge in [-0.25, -0.2) is 9.83 Å². The molecule has 0 saturated heterocycles. The second-order valence-corrected chi connectivity index (χ2v) is 17.8. The largest absolute Gasteiger partial charge is 0.496 e. The second kappa shape index (κ2) is 15.4. The Morgan fingerprint density at radius 1 is 0.525 bits per heavy atom. The second-order valence-electron chi connectivity index (χ2n) is 17.8. The summed E-state index contributed by atoms with van der Waals surface area (Å²) in [6.07, 6.45) is 1.91. The van der Waals surface area contributed by atoms with Gasteiger partial charge in [0.15, 0.2) is 5.69 Å². The first-order chi connectivity index (χ1) is 29.4. The van der Waals surface area contributed by atoms with Gasteiger partial charge in [-0.05, 0) is 99.3 Å². The van der Waals surface area contributed by atoms with E-state index in [1.54, 1.807) is 13.2 Å². The third-order valence-electron chi connectivity index (χ3n) is 11.6. The molecule has 298 valence electrons. The number of nitrogens with zero attached hydrogens (tertiary/aromatic N) is 4. The fraction of sp³-hybridized carbons (Fsp3) is 0.161. The first-order valence-corrected chi connectivity index (χ1v) is 20.8. The van der Waals surface area contributed by atoms with Crippen molar-refractivity contribution in [2.75, 3.05) is 7.11 Å². The average Bonchev–Trinajstić information content (AvgIpc) is 3.63. The number of aromatic nitrogens is 3. The maximum absolute atomic E-state index is 7.80. The van der Waals surface area contributed by atoms with Gasteiger partial charge in [-0.3, -0.25) is 4.98 Å². The maximum atomic E-state index is 7.80. The Bertz CT molecular complexity index is 3120. The number of rotatable bonds is 7. The molecule has 0 unspecified atom stereocenters. The summed E-state index contributed by atoms with van der Waals surface area (Å²) in [5, 5.41) is 2.43. The fourth-order valence-electron chi connectivity index (χ4n) is 8.30. The minimum absolute atomic E-state index is 0.0542. The van der Waals surface area contributed by atoms with Crippen LogP contribution >= 0.6 is 0 Å². The lowest BCUT2D eigenvalue weighted by molar-refractivity contribution is 0.416. The number of methoxy groups -OCH3 is 1. The van der Waals surface area contributed by atoms with Gasteiger partial charge in [-0.15, -0.1) is 0 Å². The highest BCUT2D eigenvalue weighted by Gasteiger charge is 2.23. The number of hydrogen-bond acceptors (Lipinski definition) is 3. The van der Waals surface area contributed by atoms with Gasteiger partial charge in [0.1, 0.15) is 5.75 Å². The molecule has 0 saturated carbocycles. The van der Waals surface area contributed by atoms with E-state index < -0.39 is 0 Å². The van der Waals surface area contributed by atoms with E-state index in [9.17, 15) is 0 Å². The van der Waals surface area contributed by atoms with Crippen molar-refractivity contribution in [1.82, 2.24) is 14.5 Å². The van der Waals surface area contributed by atoms with Gasteiger partial charge in [-0.2, -0.15) is 0 Å². The SMILES string of the molecule is [C-]#[N+]c1ccc(OC)c(-c2cc(-c3cc(C(C)(C)C)cc(C(C)(C)C)c3)cc(-c3cccc(-c4cc(-c5cccc6c7ccccc7n(-c7ccccc7)c56)ccn4)c3)n2)c1. The Kier molecular flexibility index (Phi) is 9.88. The lowest BCUT2D eigenvalue weighted by Crippen LogP contribution is -2.16. The number of pyridine rings is 2. The Morgan fingerprint density at radius 3 is 1.89 bits per heavy atom. The quantitative estimate of drug-likeness (QED) is 0.151. The molecule has 0 amide bonds. The van der Waals surface area contributed by atoms with Gasteiger partial charge in [0.25, 0.3) is 0 Å². The molecule has 0 aliphatic carbocycles. The number of hydrogen-bond donors (Lipinski definition) is 0. The van der Waals surface area contributed by atoms with Crippen molar-refractivity contribution in [3.8, 4) is 67.5 Å². The van der Waals surface area contributed by atoms with E-state index in [0.29, 0.717) is 11.4 Å². The lowest BCUT2D eigenvalue weighted by atomic mass is 9.79. The number of fused-ring (bicyclic) bond motifs is 3. The van der Waals surface area contributed by atoms with Crippen LogP contribution in [0, 0.1) is 6.57 Å². The zero-order valence-corrected chi connectivity index (χ0v) is 35.8. The van der Waals surface area contributed by atoms with Crippen LogP contribution < -0.4 is 4.74 Å². The van der Waals surface area contributed by atoms with Crippen LogP contribution in [0.3, 0.4) is 0 Å². The minimum atomic E-state index is -0.0542. The molecule has 9 aromatic rings. The summed E-state index contributed by atoms with van der Waals surface area (Å²) in [7, 11) is 1.66. The topological polar surface area (TPSA) is 44.3 Å². The first-order valence-electron chi connectivity index (χ1n) is 20.8. The molecule has 0 fully saturated rings. The predicted molar refractivity (Wildman–Crippen MR) is 254 cm³/mol. The Morgan fingerprint density at radius 2 is 1.16 bits per heavy atom. The Balaban J connectivity index is 1.21. The van der Waals surface area contributed by atoms with Crippen molar-refractivity contribution in [2.45, 2.75) is 52.4 Å². The van der Waals surface area contributed by atoms with Crippen molar-refractivity contribution in [3.05, 3.63) is 186 Å². The fourth-order valence-corrected chi connectivity index (χ4v) is 8.30. The summed E-state index contributed by atoms with van der Waals surface area (Å²) in [5.74, 6) is 0.665. The molecule has 3 heterocycles. The molecular weight excluding hydrogens is 745 g/mol. The lowest BCUT2D eigenvalue weighted by Gasteiger charge is -2.26. The van der Waals surface area contributed by atoms with E-state index in [0.717, 1.165) is 67.2 Å². The van der Waals surface area contributed by atoms with Crippen LogP contribution in [0.1, 0.15) is 52.7 Å². The molecular formula is C56H48N4O. The van der Waals surface area contributed by atoms with Crippen molar-refractivity contribution in [3.63, 3.8) is 0 Å². The Hall–Kier alpha value is -7.29. The van der Waals surface area contributed by atoms with E-state index in [2.05, 4.69) is 190 Å². The van der Waals surface area contributed by atoms with Crippen molar-refractivity contribution >= 4 is 27.5 Å². The van der Waals surface area contributed by atoms with Crippen molar-refractivity contribution < 1.29 is 4.74 Å². The summed E-state index contributed by atoms with van der Waals surface area (Å²) in [4.78, 5) is 14.0. The summed E-state index contributed by atoms with van der Waals surface area (Å²) in [5.41, 5.74) is 16.0. The van der Waals surface area contributed by atoms with Gasteiger partial charge in [0.05, 0.1) is 41.8 Å². The molecule has 0 aliphatic heterocycles. The van der Waals surface area contributed by atoms with Crippen LogP contribution in [0.4, 0.5) is 5.69 Å². The van der Waals surface area contributed by atoms with Crippen LogP contribution in [0.2, 0.25) is 0 Å². The molecule has 6 aromatic carbocycles. The van der Waals surface area contributed by atoms with E-state index >= 15 is 0 Å². The Labute approximate surface area is 358 Å². The zero-order chi connectivity index (χ0) is 42.5. The molecule has 61 heavy (non-hydrogen) atoms. The van der Waals surface area contributed by atoms with Crippen LogP contribution in [-0.2, 0) is 10.8 Å². The van der Waals surface area contributed by atoms with E-state index in [1.165, 1.54) is 27.4 Å². The molecule has 0 spiro atoms. The van der Waals surface area contributed by atoms with Gasteiger partial charge in [0, 0.05) is 44.9 Å². The molecule has 5 heteroatoms. The van der Waals surface area contributed by atoms with Gasteiger partial charge in [0.2, 0.25) is 0 Å². The molecule has 0 aliphatic rings. The minimum Gasteiger partial charge on any atom is -0.496 e. The number of para-hydroxylation sites is 3. The standard InChI is InChI=1S/C56H48N4O/c1-55(2,3)41-29-39(30-42(34-41)56(4,5)6)40-32-50(59-51(33-40)48-35-43(57-7)24-25-53(48)61-8)38-17-14-16-37(28-38)49-31-36(26-27-58-49)45-21-15-22-47-46-20-12-13-23-52(46)60(54(45)47)44-18-10-9-11-19-44/h9-35H,1-6,8H3. The third-order valence-corrected chi connectivity index (χ3v) is 11.6. The van der Waals surface area contributed by atoms with E-state index in [1.807, 2.05) is 18.3 Å². The normalized spacial score (nSPS) is 11.8. The first kappa shape index (κ1) is 39.2. The maximum Gasteiger partial charge on any atom is 0.188 e. The van der Waals surface area contributed by atoms with Crippen LogP contribution in [0.5, 0.6) is 5.75 Å². The summed E-state index contributed by atoms with van der Waals surface area (Å²) in [6.45, 7) is 21.4. The van der Waals surface area contributed by atoms with Gasteiger partial charge >= 0.3 is 0 Å². The predicted octanol–water partition coefficient (Wildman–Crippen LogP) is 15.1. The molecule has 3 aromatic heterocycles. The highest BCUT2D eigenvalue weighted by molar-refractivity contribution is 6.13. The van der Waals surface area contributed by atoms with Crippen molar-refractivity contribution in [1.29, 1.82) is 0 Å². The average molecular weight is 793 g/mol. The van der Waals surface area contributed by atoms with Gasteiger partial charge < -0.3 is 9.30 Å². The molecule has 0 bridgehead atoms. The van der Waals surface area contributed by atoms with Crippen LogP contribution in [0.15, 0.2) is 164 Å². The zero-order valence-electron chi connectivity index (χ0n) is 35.8. The number of ether oxygens (including phenoxy) is 1. The monoisotopic (exact) mass is 792 g/mol. The van der Waals surface area contributed by atoms with Gasteiger partial charge in [-0.1, -0.05) is 139 Å². The summed E-state index contributed by atoms with van der Waals surface area (Å²) in [6, 6.07) is 55.4. The molecule has 0 N–H and O–H groups in total. The highest BCUT2D eigenvalue weighted by atomic mass is 16.5. The van der Waals surface area contributed by atoms with Crippen LogP contribution in [0.25, 0.3) is 88.4 Å². The van der Waals surface area contributed by atoms with E-state index in [4.69, 9.17) is 21.3 Å². The third kappa shape index (κ3) is 7.47.